The summed E-state index contributed by atoms with van der Waals surface area (Å²) in [5.41, 5.74) is -2.65. The summed E-state index contributed by atoms with van der Waals surface area (Å²) in [6, 6.07) is 0. The van der Waals surface area contributed by atoms with Crippen molar-refractivity contribution >= 4 is 0 Å². The van der Waals surface area contributed by atoms with Crippen LogP contribution in [0.15, 0.2) is 23.0 Å². The average Bonchev–Trinajstić information content (AvgIpc) is 2.31. The summed E-state index contributed by atoms with van der Waals surface area (Å²) in [6.45, 7) is 2.93. The quantitative estimate of drug-likeness (QED) is 0.548. The number of ether oxygens (including phenoxy) is 2. The van der Waals surface area contributed by atoms with Crippen LogP contribution in [0.2, 0.25) is 0 Å². The lowest BCUT2D eigenvalue weighted by Gasteiger charge is -2.25. The van der Waals surface area contributed by atoms with E-state index in [0.717, 1.165) is 6.08 Å². The van der Waals surface area contributed by atoms with Crippen LogP contribution in [-0.2, 0) is 9.47 Å². The summed E-state index contributed by atoms with van der Waals surface area (Å²) in [6.07, 6.45) is -10.0. The van der Waals surface area contributed by atoms with Crippen LogP contribution in [0.3, 0.4) is 0 Å². The van der Waals surface area contributed by atoms with Crippen molar-refractivity contribution in [3.05, 3.63) is 23.0 Å². The lowest BCUT2D eigenvalue weighted by molar-refractivity contribution is -0.108. The van der Waals surface area contributed by atoms with Crippen LogP contribution in [0.5, 0.6) is 0 Å². The van der Waals surface area contributed by atoms with Gasteiger partial charge in [-0.1, -0.05) is 6.08 Å². The van der Waals surface area contributed by atoms with Gasteiger partial charge < -0.3 is 9.47 Å². The largest absolute Gasteiger partial charge is 0.490 e. The lowest BCUT2D eigenvalue weighted by Crippen LogP contribution is -2.25. The average molecular weight is 318 g/mol. The Balaban J connectivity index is 2.96. The van der Waals surface area contributed by atoms with Crippen molar-refractivity contribution in [2.24, 2.45) is 0 Å². The van der Waals surface area contributed by atoms with Crippen LogP contribution in [0.1, 0.15) is 26.7 Å². The van der Waals surface area contributed by atoms with Gasteiger partial charge in [-0.15, -0.1) is 0 Å². The van der Waals surface area contributed by atoms with Crippen molar-refractivity contribution in [2.75, 3.05) is 13.2 Å². The number of allylic oxidation sites excluding steroid dienone is 3. The van der Waals surface area contributed by atoms with Crippen molar-refractivity contribution < 1.29 is 35.8 Å². The summed E-state index contributed by atoms with van der Waals surface area (Å²) in [5.74, 6) is -1.13. The molecule has 2 nitrogen and oxygen atoms in total. The third-order valence-electron chi connectivity index (χ3n) is 2.69. The zero-order chi connectivity index (χ0) is 16.3. The van der Waals surface area contributed by atoms with Gasteiger partial charge in [0.15, 0.2) is 0 Å². The summed E-state index contributed by atoms with van der Waals surface area (Å²) in [4.78, 5) is 0. The highest BCUT2D eigenvalue weighted by atomic mass is 19.4. The van der Waals surface area contributed by atoms with Gasteiger partial charge in [0, 0.05) is 0 Å². The zero-order valence-electron chi connectivity index (χ0n) is 11.6. The van der Waals surface area contributed by atoms with Crippen LogP contribution < -0.4 is 0 Å². The van der Waals surface area contributed by atoms with E-state index in [4.69, 9.17) is 9.47 Å². The third kappa shape index (κ3) is 5.26. The molecular formula is C13H16F6O2. The highest BCUT2D eigenvalue weighted by molar-refractivity contribution is 5.39. The fourth-order valence-corrected chi connectivity index (χ4v) is 1.84. The molecule has 0 fully saturated rings. The van der Waals surface area contributed by atoms with Gasteiger partial charge in [0.05, 0.1) is 23.9 Å². The fraction of sp³-hybridized carbons (Fsp3) is 0.692. The molecule has 122 valence electrons. The molecule has 0 saturated carbocycles. The first-order valence-electron chi connectivity index (χ1n) is 6.36. The van der Waals surface area contributed by atoms with Crippen molar-refractivity contribution in [3.63, 3.8) is 0 Å². The molecule has 0 amide bonds. The Labute approximate surface area is 118 Å². The predicted molar refractivity (Wildman–Crippen MR) is 63.5 cm³/mol. The van der Waals surface area contributed by atoms with Gasteiger partial charge in [0.1, 0.15) is 12.4 Å². The highest BCUT2D eigenvalue weighted by Crippen LogP contribution is 2.43. The molecule has 0 bridgehead atoms. The van der Waals surface area contributed by atoms with Crippen molar-refractivity contribution in [1.29, 1.82) is 0 Å². The van der Waals surface area contributed by atoms with E-state index >= 15 is 0 Å². The summed E-state index contributed by atoms with van der Waals surface area (Å²) >= 11 is 0. The molecule has 0 atom stereocenters. The first-order chi connectivity index (χ1) is 9.53. The summed E-state index contributed by atoms with van der Waals surface area (Å²) < 4.78 is 86.7. The smallest absolute Gasteiger partial charge is 0.419 e. The summed E-state index contributed by atoms with van der Waals surface area (Å²) in [7, 11) is 0. The van der Waals surface area contributed by atoms with Gasteiger partial charge in [-0.05, 0) is 26.7 Å². The number of hydrogen-bond acceptors (Lipinski definition) is 2. The zero-order valence-corrected chi connectivity index (χ0v) is 11.6. The maximum absolute atomic E-state index is 12.8. The monoisotopic (exact) mass is 318 g/mol. The Hall–Kier alpha value is -1.18. The normalized spacial score (nSPS) is 17.3. The molecule has 0 saturated heterocycles. The standard InChI is InChI=1S/C13H16F6O2/c1-8(2)20-6-7-21-11-9(12(14,15)16)4-3-5-10(11)13(17,18)19/h4,8H,3,5-7H2,1-2H3. The van der Waals surface area contributed by atoms with Gasteiger partial charge in [0.2, 0.25) is 0 Å². The lowest BCUT2D eigenvalue weighted by atomic mass is 9.96. The first kappa shape index (κ1) is 17.9. The van der Waals surface area contributed by atoms with Gasteiger partial charge >= 0.3 is 12.4 Å². The maximum Gasteiger partial charge on any atom is 0.419 e. The number of rotatable bonds is 5. The Bertz CT molecular complexity index is 417. The van der Waals surface area contributed by atoms with E-state index in [-0.39, 0.29) is 25.7 Å². The highest BCUT2D eigenvalue weighted by Gasteiger charge is 2.45. The number of halogens is 6. The SMILES string of the molecule is CC(C)OCCOC1=C(C(F)(F)F)CCC=C1C(F)(F)F. The van der Waals surface area contributed by atoms with Crippen LogP contribution in [0, 0.1) is 0 Å². The van der Waals surface area contributed by atoms with Gasteiger partial charge in [0.25, 0.3) is 0 Å². The molecule has 0 aromatic heterocycles. The molecule has 8 heteroatoms. The van der Waals surface area contributed by atoms with Gasteiger partial charge in [-0.3, -0.25) is 0 Å². The molecule has 0 N–H and O–H groups in total. The van der Waals surface area contributed by atoms with Gasteiger partial charge in [-0.2, -0.15) is 26.3 Å². The van der Waals surface area contributed by atoms with Crippen LogP contribution in [0.4, 0.5) is 26.3 Å². The van der Waals surface area contributed by atoms with E-state index in [9.17, 15) is 26.3 Å². The van der Waals surface area contributed by atoms with E-state index in [0.29, 0.717) is 0 Å². The first-order valence-corrected chi connectivity index (χ1v) is 6.36. The second-order valence-corrected chi connectivity index (χ2v) is 4.73. The molecule has 0 aromatic carbocycles. The molecule has 0 aliphatic heterocycles. The third-order valence-corrected chi connectivity index (χ3v) is 2.69. The van der Waals surface area contributed by atoms with Crippen molar-refractivity contribution in [1.82, 2.24) is 0 Å². The molecule has 1 aliphatic carbocycles. The van der Waals surface area contributed by atoms with E-state index in [1.165, 1.54) is 0 Å². The van der Waals surface area contributed by atoms with Gasteiger partial charge in [-0.25, -0.2) is 0 Å². The van der Waals surface area contributed by atoms with E-state index < -0.39 is 35.7 Å². The van der Waals surface area contributed by atoms with E-state index in [1.54, 1.807) is 13.8 Å². The Kier molecular flexibility index (Phi) is 5.72. The molecule has 0 aromatic rings. The molecule has 0 radical (unpaired) electrons. The van der Waals surface area contributed by atoms with E-state index in [2.05, 4.69) is 0 Å². The number of hydrogen-bond donors (Lipinski definition) is 0. The molecule has 0 unspecified atom stereocenters. The number of alkyl halides is 6. The van der Waals surface area contributed by atoms with Crippen molar-refractivity contribution in [3.8, 4) is 0 Å². The van der Waals surface area contributed by atoms with E-state index in [1.807, 2.05) is 0 Å². The second-order valence-electron chi connectivity index (χ2n) is 4.73. The molecule has 0 spiro atoms. The van der Waals surface area contributed by atoms with Crippen LogP contribution in [0.25, 0.3) is 0 Å². The Morgan fingerprint density at radius 3 is 2.14 bits per heavy atom. The minimum atomic E-state index is -4.88. The summed E-state index contributed by atoms with van der Waals surface area (Å²) in [5, 5.41) is 0. The molecule has 0 heterocycles. The predicted octanol–water partition coefficient (Wildman–Crippen LogP) is 4.53. The minimum Gasteiger partial charge on any atom is -0.490 e. The Morgan fingerprint density at radius 2 is 1.67 bits per heavy atom. The Morgan fingerprint density at radius 1 is 1.05 bits per heavy atom. The molecule has 1 rings (SSSR count). The van der Waals surface area contributed by atoms with Crippen molar-refractivity contribution in [2.45, 2.75) is 45.1 Å². The molecule has 21 heavy (non-hydrogen) atoms. The van der Waals surface area contributed by atoms with Crippen LogP contribution in [-0.4, -0.2) is 31.7 Å². The van der Waals surface area contributed by atoms with Crippen LogP contribution >= 0.6 is 0 Å². The maximum atomic E-state index is 12.8. The molecule has 1 aliphatic rings. The molecular weight excluding hydrogens is 302 g/mol. The topological polar surface area (TPSA) is 18.5 Å². The second kappa shape index (κ2) is 6.72. The fourth-order valence-electron chi connectivity index (χ4n) is 1.84. The minimum absolute atomic E-state index is 0.0859.